The summed E-state index contributed by atoms with van der Waals surface area (Å²) in [6.45, 7) is 6.24. The van der Waals surface area contributed by atoms with Gasteiger partial charge < -0.3 is 15.4 Å². The molecule has 0 aliphatic heterocycles. The average Bonchev–Trinajstić information content (AvgIpc) is 2.29. The van der Waals surface area contributed by atoms with E-state index in [0.29, 0.717) is 19.8 Å². The molecule has 0 saturated carbocycles. The first-order valence-corrected chi connectivity index (χ1v) is 5.99. The van der Waals surface area contributed by atoms with Crippen molar-refractivity contribution in [2.24, 2.45) is 5.73 Å². The number of ether oxygens (including phenoxy) is 1. The second kappa shape index (κ2) is 6.15. The highest BCUT2D eigenvalue weighted by molar-refractivity contribution is 5.26. The first-order chi connectivity index (χ1) is 7.97. The lowest BCUT2D eigenvalue weighted by atomic mass is 10.1. The van der Waals surface area contributed by atoms with Gasteiger partial charge in [0, 0.05) is 12.1 Å². The van der Waals surface area contributed by atoms with Gasteiger partial charge in [0.1, 0.15) is 0 Å². The first kappa shape index (κ1) is 14.2. The fourth-order valence-electron chi connectivity index (χ4n) is 1.44. The maximum absolute atomic E-state index is 5.79. The summed E-state index contributed by atoms with van der Waals surface area (Å²) in [6.07, 6.45) is 0. The number of rotatable bonds is 6. The van der Waals surface area contributed by atoms with Gasteiger partial charge in [-0.2, -0.15) is 0 Å². The molecule has 0 aromatic heterocycles. The van der Waals surface area contributed by atoms with Crippen LogP contribution in [0, 0.1) is 0 Å². The molecule has 0 atom stereocenters. The summed E-state index contributed by atoms with van der Waals surface area (Å²) in [5.41, 5.74) is 8.09. The van der Waals surface area contributed by atoms with Gasteiger partial charge in [0.25, 0.3) is 0 Å². The van der Waals surface area contributed by atoms with Crippen molar-refractivity contribution in [3.8, 4) is 0 Å². The molecule has 1 rings (SSSR count). The van der Waals surface area contributed by atoms with Crippen LogP contribution in [0.25, 0.3) is 0 Å². The number of hydrogen-bond acceptors (Lipinski definition) is 3. The van der Waals surface area contributed by atoms with Crippen LogP contribution in [0.4, 0.5) is 0 Å². The number of nitrogens with two attached hydrogens (primary N) is 1. The summed E-state index contributed by atoms with van der Waals surface area (Å²) < 4.78 is 5.79. The minimum Gasteiger partial charge on any atom is -0.375 e. The van der Waals surface area contributed by atoms with E-state index < -0.39 is 0 Å². The quantitative estimate of drug-likeness (QED) is 0.821. The van der Waals surface area contributed by atoms with Gasteiger partial charge in [-0.25, -0.2) is 0 Å². The Morgan fingerprint density at radius 1 is 1.18 bits per heavy atom. The Morgan fingerprint density at radius 3 is 2.29 bits per heavy atom. The fourth-order valence-corrected chi connectivity index (χ4v) is 1.44. The summed E-state index contributed by atoms with van der Waals surface area (Å²) >= 11 is 0. The maximum Gasteiger partial charge on any atom is 0.0720 e. The molecule has 0 aliphatic carbocycles. The van der Waals surface area contributed by atoms with Crippen LogP contribution in [0.1, 0.15) is 25.0 Å². The molecule has 0 unspecified atom stereocenters. The molecule has 2 N–H and O–H groups in total. The van der Waals surface area contributed by atoms with Crippen molar-refractivity contribution in [3.05, 3.63) is 35.4 Å². The molecule has 1 aromatic carbocycles. The molecule has 3 heteroatoms. The fraction of sp³-hybridized carbons (Fsp3) is 0.571. The zero-order valence-corrected chi connectivity index (χ0v) is 11.4. The first-order valence-electron chi connectivity index (χ1n) is 5.99. The molecule has 0 aliphatic rings. The normalized spacial score (nSPS) is 12.1. The van der Waals surface area contributed by atoms with Gasteiger partial charge in [-0.1, -0.05) is 24.3 Å². The molecule has 0 radical (unpaired) electrons. The van der Waals surface area contributed by atoms with Crippen molar-refractivity contribution in [2.45, 2.75) is 32.5 Å². The predicted octanol–water partition coefficient (Wildman–Crippen LogP) is 2.00. The van der Waals surface area contributed by atoms with E-state index >= 15 is 0 Å². The maximum atomic E-state index is 5.79. The second-order valence-corrected chi connectivity index (χ2v) is 5.17. The number of likely N-dealkylation sites (N-methyl/N-ethyl adjacent to an activating group) is 1. The van der Waals surface area contributed by atoms with Crippen molar-refractivity contribution in [1.82, 2.24) is 4.90 Å². The summed E-state index contributed by atoms with van der Waals surface area (Å²) in [5.74, 6) is 0. The van der Waals surface area contributed by atoms with Crippen molar-refractivity contribution < 1.29 is 4.74 Å². The standard InChI is InChI=1S/C14H24N2O/c1-14(2,16(3)4)11-17-10-13-8-6-5-7-12(13)9-15/h5-8H,9-11,15H2,1-4H3. The zero-order valence-electron chi connectivity index (χ0n) is 11.4. The second-order valence-electron chi connectivity index (χ2n) is 5.17. The summed E-state index contributed by atoms with van der Waals surface area (Å²) in [6, 6.07) is 8.16. The van der Waals surface area contributed by atoms with Gasteiger partial charge in [0.15, 0.2) is 0 Å². The van der Waals surface area contributed by atoms with Crippen molar-refractivity contribution >= 4 is 0 Å². The molecule has 96 valence electrons. The van der Waals surface area contributed by atoms with E-state index in [4.69, 9.17) is 10.5 Å². The van der Waals surface area contributed by atoms with E-state index in [2.05, 4.69) is 45.0 Å². The van der Waals surface area contributed by atoms with Gasteiger partial charge in [-0.15, -0.1) is 0 Å². The summed E-state index contributed by atoms with van der Waals surface area (Å²) in [4.78, 5) is 2.17. The Morgan fingerprint density at radius 2 is 1.76 bits per heavy atom. The van der Waals surface area contributed by atoms with Crippen LogP contribution in [0.2, 0.25) is 0 Å². The minimum absolute atomic E-state index is 0.0532. The number of hydrogen-bond donors (Lipinski definition) is 1. The van der Waals surface area contributed by atoms with Crippen LogP contribution in [0.5, 0.6) is 0 Å². The Hall–Kier alpha value is -0.900. The summed E-state index contributed by atoms with van der Waals surface area (Å²) in [5, 5.41) is 0. The van der Waals surface area contributed by atoms with Crippen LogP contribution in [-0.2, 0) is 17.9 Å². The molecule has 3 nitrogen and oxygen atoms in total. The SMILES string of the molecule is CN(C)C(C)(C)COCc1ccccc1CN. The van der Waals surface area contributed by atoms with E-state index in [0.717, 1.165) is 5.56 Å². The van der Waals surface area contributed by atoms with Crippen LogP contribution in [0.3, 0.4) is 0 Å². The zero-order chi connectivity index (χ0) is 12.9. The van der Waals surface area contributed by atoms with E-state index in [1.165, 1.54) is 5.56 Å². The number of benzene rings is 1. The third-order valence-electron chi connectivity index (χ3n) is 3.26. The van der Waals surface area contributed by atoms with Crippen LogP contribution >= 0.6 is 0 Å². The van der Waals surface area contributed by atoms with Gasteiger partial charge >= 0.3 is 0 Å². The van der Waals surface area contributed by atoms with Gasteiger partial charge in [-0.3, -0.25) is 0 Å². The lowest BCUT2D eigenvalue weighted by molar-refractivity contribution is 0.0272. The summed E-state index contributed by atoms with van der Waals surface area (Å²) in [7, 11) is 4.13. The van der Waals surface area contributed by atoms with E-state index in [-0.39, 0.29) is 5.54 Å². The van der Waals surface area contributed by atoms with Gasteiger partial charge in [-0.05, 0) is 39.1 Å². The van der Waals surface area contributed by atoms with E-state index in [1.807, 2.05) is 12.1 Å². The average molecular weight is 236 g/mol. The Kier molecular flexibility index (Phi) is 5.12. The van der Waals surface area contributed by atoms with Crippen LogP contribution in [0.15, 0.2) is 24.3 Å². The Bertz CT molecular complexity index is 348. The molecule has 0 heterocycles. The van der Waals surface area contributed by atoms with Crippen molar-refractivity contribution in [3.63, 3.8) is 0 Å². The Balaban J connectivity index is 2.51. The third kappa shape index (κ3) is 4.11. The van der Waals surface area contributed by atoms with E-state index in [9.17, 15) is 0 Å². The molecule has 1 aromatic rings. The lowest BCUT2D eigenvalue weighted by Gasteiger charge is -2.32. The van der Waals surface area contributed by atoms with Gasteiger partial charge in [0.2, 0.25) is 0 Å². The van der Waals surface area contributed by atoms with Crippen molar-refractivity contribution in [1.29, 1.82) is 0 Å². The highest BCUT2D eigenvalue weighted by Crippen LogP contribution is 2.14. The minimum atomic E-state index is 0.0532. The van der Waals surface area contributed by atoms with Crippen LogP contribution in [-0.4, -0.2) is 31.1 Å². The predicted molar refractivity (Wildman–Crippen MR) is 71.8 cm³/mol. The topological polar surface area (TPSA) is 38.5 Å². The van der Waals surface area contributed by atoms with E-state index in [1.54, 1.807) is 0 Å². The van der Waals surface area contributed by atoms with Crippen LogP contribution < -0.4 is 5.73 Å². The molecular formula is C14H24N2O. The number of nitrogens with zero attached hydrogens (tertiary/aromatic N) is 1. The largest absolute Gasteiger partial charge is 0.375 e. The van der Waals surface area contributed by atoms with Gasteiger partial charge in [0.05, 0.1) is 13.2 Å². The molecule has 0 spiro atoms. The Labute approximate surface area is 105 Å². The highest BCUT2D eigenvalue weighted by Gasteiger charge is 2.20. The smallest absolute Gasteiger partial charge is 0.0720 e. The molecule has 0 fully saturated rings. The third-order valence-corrected chi connectivity index (χ3v) is 3.26. The molecule has 0 bridgehead atoms. The molecule has 17 heavy (non-hydrogen) atoms. The molecule has 0 amide bonds. The monoisotopic (exact) mass is 236 g/mol. The molecule has 0 saturated heterocycles. The lowest BCUT2D eigenvalue weighted by Crippen LogP contribution is -2.42. The van der Waals surface area contributed by atoms with Crippen molar-refractivity contribution in [2.75, 3.05) is 20.7 Å². The highest BCUT2D eigenvalue weighted by atomic mass is 16.5. The molecular weight excluding hydrogens is 212 g/mol.